The van der Waals surface area contributed by atoms with Gasteiger partial charge in [-0.2, -0.15) is 0 Å². The lowest BCUT2D eigenvalue weighted by molar-refractivity contribution is -0.398. The van der Waals surface area contributed by atoms with E-state index in [0.29, 0.717) is 21.7 Å². The highest BCUT2D eigenvalue weighted by Gasteiger charge is 2.86. The van der Waals surface area contributed by atoms with Gasteiger partial charge in [-0.1, -0.05) is 24.3 Å². The van der Waals surface area contributed by atoms with E-state index in [-0.39, 0.29) is 0 Å². The van der Waals surface area contributed by atoms with Crippen LogP contribution in [0.3, 0.4) is 0 Å². The van der Waals surface area contributed by atoms with Crippen LogP contribution in [0.15, 0.2) is 48.5 Å². The molecule has 0 amide bonds. The van der Waals surface area contributed by atoms with E-state index in [1.807, 2.05) is 0 Å². The molecule has 0 saturated heterocycles. The van der Waals surface area contributed by atoms with Crippen LogP contribution in [0.4, 0.5) is 0 Å². The number of rotatable bonds is 6. The van der Waals surface area contributed by atoms with Crippen LogP contribution < -0.4 is 9.47 Å². The van der Waals surface area contributed by atoms with Crippen LogP contribution >= 0.6 is 0 Å². The predicted molar refractivity (Wildman–Crippen MR) is 130 cm³/mol. The van der Waals surface area contributed by atoms with Crippen LogP contribution in [-0.2, 0) is 10.8 Å². The van der Waals surface area contributed by atoms with E-state index in [0.717, 1.165) is 48.4 Å². The van der Waals surface area contributed by atoms with E-state index in [4.69, 9.17) is 9.47 Å². The fourth-order valence-electron chi connectivity index (χ4n) is 11.5. The Kier molecular flexibility index (Phi) is 3.51. The van der Waals surface area contributed by atoms with E-state index in [1.165, 1.54) is 38.5 Å². The molecule has 0 aromatic heterocycles. The number of hydrogen-bond acceptors (Lipinski definition) is 2. The number of benzene rings is 2. The third-order valence-corrected chi connectivity index (χ3v) is 11.9. The lowest BCUT2D eigenvalue weighted by Crippen LogP contribution is -2.85. The van der Waals surface area contributed by atoms with Gasteiger partial charge in [-0.05, 0) is 140 Å². The van der Waals surface area contributed by atoms with E-state index in [2.05, 4.69) is 62.4 Å². The summed E-state index contributed by atoms with van der Waals surface area (Å²) < 4.78 is 11.5. The summed E-state index contributed by atoms with van der Waals surface area (Å²) in [6.07, 6.45) is 10.3. The monoisotopic (exact) mass is 440 g/mol. The zero-order valence-electron chi connectivity index (χ0n) is 20.1. The van der Waals surface area contributed by atoms with E-state index < -0.39 is 0 Å². The van der Waals surface area contributed by atoms with Gasteiger partial charge in [0.25, 0.3) is 0 Å². The van der Waals surface area contributed by atoms with Gasteiger partial charge in [0.15, 0.2) is 0 Å². The van der Waals surface area contributed by atoms with Gasteiger partial charge >= 0.3 is 0 Å². The minimum absolute atomic E-state index is 0.450. The van der Waals surface area contributed by atoms with E-state index in [1.54, 1.807) is 17.5 Å². The molecular weight excluding hydrogens is 404 g/mol. The Morgan fingerprint density at radius 2 is 1.15 bits per heavy atom. The Bertz CT molecular complexity index is 1070. The molecule has 0 heterocycles. The average molecular weight is 441 g/mol. The summed E-state index contributed by atoms with van der Waals surface area (Å²) in [7, 11) is 0. The molecule has 2 nitrogen and oxygen atoms in total. The van der Waals surface area contributed by atoms with Crippen LogP contribution in [0, 0.1) is 34.5 Å². The largest absolute Gasteiger partial charge is 0.494 e. The molecule has 6 unspecified atom stereocenters. The first-order valence-corrected chi connectivity index (χ1v) is 13.5. The minimum atomic E-state index is 0.450. The molecule has 9 saturated carbocycles. The van der Waals surface area contributed by atoms with Crippen LogP contribution in [0.2, 0.25) is 0 Å². The fraction of sp³-hybridized carbons (Fsp3) is 0.613. The molecule has 0 aliphatic heterocycles. The van der Waals surface area contributed by atoms with Gasteiger partial charge in [-0.15, -0.1) is 0 Å². The van der Waals surface area contributed by atoms with Gasteiger partial charge in [0.2, 0.25) is 0 Å². The molecule has 8 bridgehead atoms. The van der Waals surface area contributed by atoms with Crippen molar-refractivity contribution in [2.75, 3.05) is 13.2 Å². The molecule has 2 aromatic carbocycles. The fourth-order valence-corrected chi connectivity index (χ4v) is 11.5. The SMILES string of the molecule is CCOc1ccc(C23CC4C56CC7(c8ccc(OCC)cc8)CC([C@H]5C2)[C@H](C3)C4(C7)C6)cc1. The topological polar surface area (TPSA) is 18.5 Å². The van der Waals surface area contributed by atoms with E-state index in [9.17, 15) is 0 Å². The van der Waals surface area contributed by atoms with Crippen molar-refractivity contribution in [3.63, 3.8) is 0 Å². The smallest absolute Gasteiger partial charge is 0.119 e. The Hall–Kier alpha value is -1.96. The summed E-state index contributed by atoms with van der Waals surface area (Å²) in [5.74, 6) is 5.96. The molecule has 9 aliphatic rings. The molecule has 172 valence electrons. The second-order valence-electron chi connectivity index (χ2n) is 12.7. The van der Waals surface area contributed by atoms with Crippen LogP contribution in [0.1, 0.15) is 69.9 Å². The summed E-state index contributed by atoms with van der Waals surface area (Å²) >= 11 is 0. The highest BCUT2D eigenvalue weighted by atomic mass is 16.5. The molecule has 2 heteroatoms. The highest BCUT2D eigenvalue weighted by Crippen LogP contribution is 2.93. The lowest BCUT2D eigenvalue weighted by atomic mass is 9.13. The quantitative estimate of drug-likeness (QED) is 0.486. The third kappa shape index (κ3) is 2.10. The van der Waals surface area contributed by atoms with Crippen LogP contribution in [0.25, 0.3) is 0 Å². The van der Waals surface area contributed by atoms with Crippen molar-refractivity contribution in [2.45, 2.75) is 69.6 Å². The zero-order valence-corrected chi connectivity index (χ0v) is 20.1. The van der Waals surface area contributed by atoms with Crippen molar-refractivity contribution in [1.82, 2.24) is 0 Å². The van der Waals surface area contributed by atoms with Gasteiger partial charge in [0, 0.05) is 0 Å². The first-order valence-electron chi connectivity index (χ1n) is 13.5. The lowest BCUT2D eigenvalue weighted by Gasteiger charge is -2.91. The molecule has 0 N–H and O–H groups in total. The van der Waals surface area contributed by atoms with Crippen molar-refractivity contribution in [3.05, 3.63) is 59.7 Å². The first kappa shape index (κ1) is 19.4. The molecule has 2 spiro atoms. The average Bonchev–Trinajstić information content (AvgIpc) is 2.83. The second-order valence-corrected chi connectivity index (χ2v) is 12.7. The number of hydrogen-bond donors (Lipinski definition) is 0. The summed E-state index contributed by atoms with van der Waals surface area (Å²) in [5, 5.41) is 0. The van der Waals surface area contributed by atoms with Crippen molar-refractivity contribution >= 4 is 0 Å². The maximum Gasteiger partial charge on any atom is 0.119 e. The maximum atomic E-state index is 5.76. The molecule has 2 aromatic rings. The normalized spacial score (nSPS) is 47.0. The van der Waals surface area contributed by atoms with Gasteiger partial charge < -0.3 is 9.47 Å². The molecule has 9 aliphatic carbocycles. The van der Waals surface area contributed by atoms with Gasteiger partial charge in [-0.3, -0.25) is 0 Å². The molecule has 33 heavy (non-hydrogen) atoms. The minimum Gasteiger partial charge on any atom is -0.494 e. The molecule has 0 radical (unpaired) electrons. The summed E-state index contributed by atoms with van der Waals surface area (Å²) in [6, 6.07) is 18.6. The predicted octanol–water partition coefficient (Wildman–Crippen LogP) is 6.91. The van der Waals surface area contributed by atoms with Crippen molar-refractivity contribution in [1.29, 1.82) is 0 Å². The Labute approximate surface area is 198 Å². The Morgan fingerprint density at radius 1 is 0.636 bits per heavy atom. The molecule has 8 atom stereocenters. The summed E-state index contributed by atoms with van der Waals surface area (Å²) in [4.78, 5) is 0. The standard InChI is InChI=1S/C31H36O2/c1-3-32-22-9-5-20(6-10-22)28-14-25-24-13-29(21-7-11-23(12-8-21)33-4-2)17-30(25)19-31(18-29,26(24)15-28)27(30)16-28/h5-12,24-27H,3-4,13-19H2,1-2H3/t24?,25-,26+,27?,28?,29?,30?,31?. The first-order chi connectivity index (χ1) is 16.1. The van der Waals surface area contributed by atoms with Crippen LogP contribution in [-0.4, -0.2) is 13.2 Å². The Balaban J connectivity index is 1.15. The Morgan fingerprint density at radius 3 is 1.67 bits per heavy atom. The maximum absolute atomic E-state index is 5.76. The summed E-state index contributed by atoms with van der Waals surface area (Å²) in [6.45, 7) is 5.64. The van der Waals surface area contributed by atoms with Gasteiger partial charge in [-0.25, -0.2) is 0 Å². The summed E-state index contributed by atoms with van der Waals surface area (Å²) in [5.41, 5.74) is 5.46. The third-order valence-electron chi connectivity index (χ3n) is 11.9. The highest BCUT2D eigenvalue weighted by molar-refractivity contribution is 5.46. The molecular formula is C31H36O2. The van der Waals surface area contributed by atoms with Crippen LogP contribution in [0.5, 0.6) is 11.5 Å². The number of ether oxygens (including phenoxy) is 2. The van der Waals surface area contributed by atoms with Crippen molar-refractivity contribution in [2.24, 2.45) is 34.5 Å². The van der Waals surface area contributed by atoms with Crippen molar-refractivity contribution in [3.8, 4) is 11.5 Å². The van der Waals surface area contributed by atoms with Crippen molar-refractivity contribution < 1.29 is 9.47 Å². The van der Waals surface area contributed by atoms with Gasteiger partial charge in [0.05, 0.1) is 13.2 Å². The second kappa shape index (κ2) is 5.99. The molecule has 9 fully saturated rings. The van der Waals surface area contributed by atoms with E-state index >= 15 is 0 Å². The zero-order chi connectivity index (χ0) is 22.1. The molecule has 11 rings (SSSR count). The van der Waals surface area contributed by atoms with Gasteiger partial charge in [0.1, 0.15) is 11.5 Å².